The number of hydrogen-bond acceptors (Lipinski definition) is 4. The lowest BCUT2D eigenvalue weighted by Gasteiger charge is -2.02. The lowest BCUT2D eigenvalue weighted by molar-refractivity contribution is 0.465. The molecule has 1 heterocycles. The Morgan fingerprint density at radius 2 is 1.73 bits per heavy atom. The number of aromatic amines is 1. The molecule has 15 heavy (non-hydrogen) atoms. The van der Waals surface area contributed by atoms with Gasteiger partial charge in [-0.15, -0.1) is 0 Å². The van der Waals surface area contributed by atoms with Gasteiger partial charge in [0.1, 0.15) is 0 Å². The zero-order valence-corrected chi connectivity index (χ0v) is 8.12. The van der Waals surface area contributed by atoms with Crippen LogP contribution in [0.2, 0.25) is 0 Å². The normalized spacial score (nSPS) is 11.1. The van der Waals surface area contributed by atoms with Crippen molar-refractivity contribution in [1.29, 1.82) is 0 Å². The third-order valence-corrected chi connectivity index (χ3v) is 2.36. The Morgan fingerprint density at radius 1 is 1.13 bits per heavy atom. The van der Waals surface area contributed by atoms with E-state index in [4.69, 9.17) is 0 Å². The van der Waals surface area contributed by atoms with Crippen LogP contribution in [0.5, 0.6) is 5.75 Å². The average molecular weight is 208 g/mol. The zero-order chi connectivity index (χ0) is 11.3. The minimum atomic E-state index is -0.937. The van der Waals surface area contributed by atoms with E-state index in [1.807, 2.05) is 0 Å². The minimum absolute atomic E-state index is 0.0691. The molecule has 0 saturated carbocycles. The molecule has 2 rings (SSSR count). The van der Waals surface area contributed by atoms with E-state index >= 15 is 0 Å². The molecule has 0 fully saturated rings. The number of aryl methyl sites for hydroxylation is 2. The Labute approximate surface area is 83.1 Å². The van der Waals surface area contributed by atoms with E-state index in [9.17, 15) is 19.5 Å². The third kappa shape index (κ3) is 1.01. The smallest absolute Gasteiger partial charge is 0.274 e. The van der Waals surface area contributed by atoms with Gasteiger partial charge in [0.05, 0.1) is 11.1 Å². The SMILES string of the molecule is Cc1[nH]n(C)c(=O)c1-c1c(O)c(=O)c1=O. The Kier molecular flexibility index (Phi) is 1.69. The molecule has 0 aliphatic rings. The zero-order valence-electron chi connectivity index (χ0n) is 8.12. The maximum atomic E-state index is 11.5. The fourth-order valence-corrected chi connectivity index (χ4v) is 1.59. The van der Waals surface area contributed by atoms with E-state index in [0.29, 0.717) is 5.69 Å². The molecular weight excluding hydrogens is 200 g/mol. The summed E-state index contributed by atoms with van der Waals surface area (Å²) in [5.41, 5.74) is -1.85. The maximum absolute atomic E-state index is 11.5. The molecule has 0 aliphatic carbocycles. The van der Waals surface area contributed by atoms with Gasteiger partial charge >= 0.3 is 0 Å². The summed E-state index contributed by atoms with van der Waals surface area (Å²) in [5.74, 6) is -0.625. The molecule has 2 aromatic rings. The Hall–Kier alpha value is -2.11. The summed E-state index contributed by atoms with van der Waals surface area (Å²) < 4.78 is 1.18. The van der Waals surface area contributed by atoms with Crippen LogP contribution in [-0.4, -0.2) is 14.9 Å². The standard InChI is InChI=1S/C9H8N2O4/c1-3-4(9(15)11(2)10-3)5-6(12)8(14)7(5)13/h10,12H,1-2H3. The monoisotopic (exact) mass is 208 g/mol. The van der Waals surface area contributed by atoms with Gasteiger partial charge < -0.3 is 5.11 Å². The molecule has 6 heteroatoms. The molecule has 0 spiro atoms. The van der Waals surface area contributed by atoms with Crippen LogP contribution in [0.3, 0.4) is 0 Å². The number of hydrogen-bond donors (Lipinski definition) is 2. The fraction of sp³-hybridized carbons (Fsp3) is 0.222. The topological polar surface area (TPSA) is 92.2 Å². The molecular formula is C9H8N2O4. The number of aromatic hydroxyl groups is 1. The molecule has 0 radical (unpaired) electrons. The van der Waals surface area contributed by atoms with Crippen LogP contribution < -0.4 is 16.4 Å². The molecule has 1 aromatic heterocycles. The Balaban J connectivity index is 2.83. The molecule has 0 aliphatic heterocycles. The first kappa shape index (κ1) is 9.45. The third-order valence-electron chi connectivity index (χ3n) is 2.36. The van der Waals surface area contributed by atoms with Gasteiger partial charge in [-0.3, -0.25) is 24.2 Å². The number of H-pyrrole nitrogens is 1. The van der Waals surface area contributed by atoms with Gasteiger partial charge in [-0.05, 0) is 6.92 Å². The Morgan fingerprint density at radius 3 is 2.13 bits per heavy atom. The van der Waals surface area contributed by atoms with Gasteiger partial charge in [-0.2, -0.15) is 0 Å². The van der Waals surface area contributed by atoms with E-state index in [-0.39, 0.29) is 11.1 Å². The summed E-state index contributed by atoms with van der Waals surface area (Å²) in [6.07, 6.45) is 0. The highest BCUT2D eigenvalue weighted by molar-refractivity contribution is 5.74. The summed E-state index contributed by atoms with van der Waals surface area (Å²) >= 11 is 0. The van der Waals surface area contributed by atoms with Crippen LogP contribution in [0.4, 0.5) is 0 Å². The van der Waals surface area contributed by atoms with Crippen molar-refractivity contribution in [2.45, 2.75) is 6.92 Å². The molecule has 0 saturated heterocycles. The van der Waals surface area contributed by atoms with Crippen LogP contribution in [0.25, 0.3) is 11.1 Å². The van der Waals surface area contributed by atoms with Crippen LogP contribution in [-0.2, 0) is 7.05 Å². The van der Waals surface area contributed by atoms with Crippen molar-refractivity contribution < 1.29 is 5.11 Å². The highest BCUT2D eigenvalue weighted by atomic mass is 16.3. The van der Waals surface area contributed by atoms with Crippen molar-refractivity contribution in [1.82, 2.24) is 9.78 Å². The lowest BCUT2D eigenvalue weighted by atomic mass is 10.0. The van der Waals surface area contributed by atoms with E-state index in [1.54, 1.807) is 6.92 Å². The van der Waals surface area contributed by atoms with Gasteiger partial charge in [0.2, 0.25) is 5.43 Å². The van der Waals surface area contributed by atoms with Gasteiger partial charge in [-0.25, -0.2) is 0 Å². The van der Waals surface area contributed by atoms with Crippen molar-refractivity contribution in [3.63, 3.8) is 0 Å². The second-order valence-electron chi connectivity index (χ2n) is 3.36. The van der Waals surface area contributed by atoms with E-state index < -0.39 is 22.2 Å². The molecule has 2 N–H and O–H groups in total. The number of aromatic nitrogens is 2. The summed E-state index contributed by atoms with van der Waals surface area (Å²) in [6, 6.07) is 0. The van der Waals surface area contributed by atoms with E-state index in [0.717, 1.165) is 0 Å². The fourth-order valence-electron chi connectivity index (χ4n) is 1.59. The minimum Gasteiger partial charge on any atom is -0.503 e. The van der Waals surface area contributed by atoms with E-state index in [1.165, 1.54) is 11.7 Å². The van der Waals surface area contributed by atoms with Crippen molar-refractivity contribution in [3.8, 4) is 16.9 Å². The second kappa shape index (κ2) is 2.69. The molecule has 0 unspecified atom stereocenters. The van der Waals surface area contributed by atoms with Crippen LogP contribution in [0.1, 0.15) is 5.69 Å². The number of nitrogens with one attached hydrogen (secondary N) is 1. The molecule has 78 valence electrons. The number of nitrogens with zero attached hydrogens (tertiary/aromatic N) is 1. The first-order valence-corrected chi connectivity index (χ1v) is 4.23. The summed E-state index contributed by atoms with van der Waals surface area (Å²) in [5, 5.41) is 11.9. The van der Waals surface area contributed by atoms with Gasteiger partial charge in [0, 0.05) is 12.7 Å². The summed E-state index contributed by atoms with van der Waals surface area (Å²) in [4.78, 5) is 33.5. The van der Waals surface area contributed by atoms with E-state index in [2.05, 4.69) is 5.10 Å². The van der Waals surface area contributed by atoms with Crippen molar-refractivity contribution in [2.24, 2.45) is 7.05 Å². The van der Waals surface area contributed by atoms with Crippen molar-refractivity contribution >= 4 is 0 Å². The van der Waals surface area contributed by atoms with Gasteiger partial charge in [-0.1, -0.05) is 0 Å². The molecule has 0 bridgehead atoms. The predicted octanol–water partition coefficient (Wildman–Crippen LogP) is -1.01. The highest BCUT2D eigenvalue weighted by Crippen LogP contribution is 2.22. The van der Waals surface area contributed by atoms with Crippen LogP contribution in [0, 0.1) is 6.92 Å². The lowest BCUT2D eigenvalue weighted by Crippen LogP contribution is -2.33. The quantitative estimate of drug-likeness (QED) is 0.587. The molecule has 0 amide bonds. The first-order valence-electron chi connectivity index (χ1n) is 4.23. The average Bonchev–Trinajstić information content (AvgIpc) is 2.44. The molecule has 6 nitrogen and oxygen atoms in total. The van der Waals surface area contributed by atoms with Gasteiger partial charge in [0.15, 0.2) is 5.75 Å². The first-order chi connectivity index (χ1) is 6.95. The second-order valence-corrected chi connectivity index (χ2v) is 3.36. The summed E-state index contributed by atoms with van der Waals surface area (Å²) in [6.45, 7) is 1.59. The van der Waals surface area contributed by atoms with Gasteiger partial charge in [0.25, 0.3) is 11.0 Å². The van der Waals surface area contributed by atoms with Crippen molar-refractivity contribution in [2.75, 3.05) is 0 Å². The largest absolute Gasteiger partial charge is 0.503 e. The highest BCUT2D eigenvalue weighted by Gasteiger charge is 2.26. The van der Waals surface area contributed by atoms with Crippen molar-refractivity contribution in [3.05, 3.63) is 36.5 Å². The molecule has 1 aromatic carbocycles. The van der Waals surface area contributed by atoms with Crippen LogP contribution in [0.15, 0.2) is 14.4 Å². The summed E-state index contributed by atoms with van der Waals surface area (Å²) in [7, 11) is 1.49. The molecule has 0 atom stereocenters. The van der Waals surface area contributed by atoms with Crippen LogP contribution >= 0.6 is 0 Å². The number of rotatable bonds is 1. The Bertz CT molecular complexity index is 667. The predicted molar refractivity (Wildman–Crippen MR) is 52.8 cm³/mol. The maximum Gasteiger partial charge on any atom is 0.274 e.